The summed E-state index contributed by atoms with van der Waals surface area (Å²) in [6, 6.07) is 23.0. The first-order chi connectivity index (χ1) is 15.7. The van der Waals surface area contributed by atoms with Crippen LogP contribution in [0.15, 0.2) is 84.0 Å². The van der Waals surface area contributed by atoms with Crippen LogP contribution in [0.4, 0.5) is 5.69 Å². The Balaban J connectivity index is 1.61. The summed E-state index contributed by atoms with van der Waals surface area (Å²) >= 11 is 0. The Morgan fingerprint density at radius 3 is 2.21 bits per heavy atom. The minimum atomic E-state index is -3.46. The average Bonchev–Trinajstić information content (AvgIpc) is 2.78. The fraction of sp³-hybridized carbons (Fsp3) is 0.200. The van der Waals surface area contributed by atoms with E-state index >= 15 is 0 Å². The molecule has 0 aliphatic heterocycles. The molecule has 0 heterocycles. The van der Waals surface area contributed by atoms with Gasteiger partial charge in [-0.2, -0.15) is 5.10 Å². The molecule has 0 unspecified atom stereocenters. The third-order valence-electron chi connectivity index (χ3n) is 4.62. The zero-order valence-corrected chi connectivity index (χ0v) is 19.6. The number of anilines is 1. The third kappa shape index (κ3) is 7.18. The number of rotatable bonds is 9. The molecule has 33 heavy (non-hydrogen) atoms. The lowest BCUT2D eigenvalue weighted by Gasteiger charge is -2.22. The van der Waals surface area contributed by atoms with Gasteiger partial charge in [0.05, 0.1) is 30.8 Å². The number of hydrogen-bond acceptors (Lipinski definition) is 5. The summed E-state index contributed by atoms with van der Waals surface area (Å²) in [5.41, 5.74) is 5.08. The van der Waals surface area contributed by atoms with Crippen molar-refractivity contribution in [1.29, 1.82) is 0 Å². The van der Waals surface area contributed by atoms with Crippen molar-refractivity contribution in [3.63, 3.8) is 0 Å². The van der Waals surface area contributed by atoms with Crippen LogP contribution in [0.2, 0.25) is 0 Å². The first kappa shape index (κ1) is 24.0. The topological polar surface area (TPSA) is 88.1 Å². The van der Waals surface area contributed by atoms with Crippen LogP contribution in [-0.2, 0) is 16.6 Å². The maximum atomic E-state index is 12.4. The molecule has 3 aromatic rings. The first-order valence-electron chi connectivity index (χ1n) is 10.4. The molecule has 3 rings (SSSR count). The minimum absolute atomic E-state index is 0.1000. The lowest BCUT2D eigenvalue weighted by molar-refractivity contribution is 0.0955. The van der Waals surface area contributed by atoms with E-state index in [1.807, 2.05) is 44.2 Å². The fourth-order valence-corrected chi connectivity index (χ4v) is 3.94. The van der Waals surface area contributed by atoms with Crippen molar-refractivity contribution in [2.75, 3.05) is 10.6 Å². The van der Waals surface area contributed by atoms with E-state index in [2.05, 4.69) is 10.5 Å². The van der Waals surface area contributed by atoms with Crippen molar-refractivity contribution in [1.82, 2.24) is 5.43 Å². The van der Waals surface area contributed by atoms with Gasteiger partial charge in [0.15, 0.2) is 0 Å². The van der Waals surface area contributed by atoms with Crippen molar-refractivity contribution in [2.45, 2.75) is 26.5 Å². The second kappa shape index (κ2) is 10.8. The fourth-order valence-electron chi connectivity index (χ4n) is 3.06. The van der Waals surface area contributed by atoms with Gasteiger partial charge in [-0.05, 0) is 73.5 Å². The Morgan fingerprint density at radius 2 is 1.64 bits per heavy atom. The van der Waals surface area contributed by atoms with Gasteiger partial charge in [0.25, 0.3) is 5.91 Å². The second-order valence-electron chi connectivity index (χ2n) is 7.74. The molecule has 3 aromatic carbocycles. The van der Waals surface area contributed by atoms with Gasteiger partial charge < -0.3 is 4.74 Å². The number of ether oxygens (including phenoxy) is 1. The number of nitrogens with one attached hydrogen (secondary N) is 1. The standard InChI is InChI=1S/C25H27N3O4S/c1-19(2)32-24-15-11-20(12-16-24)17-26-27-25(29)22-13-9-21(10-14-22)18-28(33(3,30)31)23-7-5-4-6-8-23/h4-17,19H,18H2,1-3H3,(H,27,29)/b26-17-. The van der Waals surface area contributed by atoms with E-state index in [4.69, 9.17) is 4.74 Å². The maximum absolute atomic E-state index is 12.4. The zero-order chi connectivity index (χ0) is 23.8. The minimum Gasteiger partial charge on any atom is -0.491 e. The summed E-state index contributed by atoms with van der Waals surface area (Å²) in [4.78, 5) is 12.4. The summed E-state index contributed by atoms with van der Waals surface area (Å²) < 4.78 is 31.4. The molecule has 0 fully saturated rings. The van der Waals surface area contributed by atoms with E-state index in [0.717, 1.165) is 16.9 Å². The number of amides is 1. The highest BCUT2D eigenvalue weighted by Gasteiger charge is 2.17. The number of carbonyl (C=O) groups excluding carboxylic acids is 1. The lowest BCUT2D eigenvalue weighted by atomic mass is 10.1. The Morgan fingerprint density at radius 1 is 1.00 bits per heavy atom. The van der Waals surface area contributed by atoms with Crippen LogP contribution in [0, 0.1) is 0 Å². The normalized spacial score (nSPS) is 11.5. The van der Waals surface area contributed by atoms with Crippen molar-refractivity contribution >= 4 is 27.8 Å². The predicted molar refractivity (Wildman–Crippen MR) is 131 cm³/mol. The molecular weight excluding hydrogens is 438 g/mol. The number of sulfonamides is 1. The van der Waals surface area contributed by atoms with E-state index in [-0.39, 0.29) is 18.6 Å². The molecule has 0 aromatic heterocycles. The Kier molecular flexibility index (Phi) is 7.84. The largest absolute Gasteiger partial charge is 0.491 e. The van der Waals surface area contributed by atoms with Gasteiger partial charge in [-0.1, -0.05) is 30.3 Å². The van der Waals surface area contributed by atoms with E-state index in [0.29, 0.717) is 11.3 Å². The first-order valence-corrected chi connectivity index (χ1v) is 12.3. The summed E-state index contributed by atoms with van der Waals surface area (Å²) in [7, 11) is -3.46. The second-order valence-corrected chi connectivity index (χ2v) is 9.64. The van der Waals surface area contributed by atoms with Crippen LogP contribution in [0.5, 0.6) is 5.75 Å². The highest BCUT2D eigenvalue weighted by molar-refractivity contribution is 7.92. The molecular formula is C25H27N3O4S. The molecule has 0 saturated heterocycles. The molecule has 1 N–H and O–H groups in total. The number of carbonyl (C=O) groups is 1. The van der Waals surface area contributed by atoms with Gasteiger partial charge in [0.2, 0.25) is 10.0 Å². The molecule has 7 nitrogen and oxygen atoms in total. The predicted octanol–water partition coefficient (Wildman–Crippen LogP) is 4.20. The van der Waals surface area contributed by atoms with Gasteiger partial charge >= 0.3 is 0 Å². The summed E-state index contributed by atoms with van der Waals surface area (Å²) in [6.07, 6.45) is 2.82. The molecule has 0 saturated carbocycles. The van der Waals surface area contributed by atoms with Gasteiger partial charge in [-0.3, -0.25) is 9.10 Å². The van der Waals surface area contributed by atoms with Crippen molar-refractivity contribution in [3.8, 4) is 5.75 Å². The molecule has 1 amide bonds. The summed E-state index contributed by atoms with van der Waals surface area (Å²) in [5.74, 6) is 0.411. The smallest absolute Gasteiger partial charge is 0.271 e. The monoisotopic (exact) mass is 465 g/mol. The highest BCUT2D eigenvalue weighted by atomic mass is 32.2. The van der Waals surface area contributed by atoms with Crippen molar-refractivity contribution in [3.05, 3.63) is 95.6 Å². The molecule has 172 valence electrons. The van der Waals surface area contributed by atoms with Gasteiger partial charge in [-0.25, -0.2) is 13.8 Å². The maximum Gasteiger partial charge on any atom is 0.271 e. The summed E-state index contributed by atoms with van der Waals surface area (Å²) in [6.45, 7) is 4.09. The molecule has 0 bridgehead atoms. The number of benzene rings is 3. The SMILES string of the molecule is CC(C)Oc1ccc(/C=N\NC(=O)c2ccc(CN(c3ccccc3)S(C)(=O)=O)cc2)cc1. The molecule has 0 spiro atoms. The van der Waals surface area contributed by atoms with Gasteiger partial charge in [0.1, 0.15) is 5.75 Å². The van der Waals surface area contributed by atoms with E-state index in [9.17, 15) is 13.2 Å². The molecule has 0 radical (unpaired) electrons. The van der Waals surface area contributed by atoms with Crippen molar-refractivity contribution in [2.24, 2.45) is 5.10 Å². The molecule has 0 aliphatic carbocycles. The Labute approximate surface area is 194 Å². The van der Waals surface area contributed by atoms with E-state index in [1.54, 1.807) is 54.7 Å². The highest BCUT2D eigenvalue weighted by Crippen LogP contribution is 2.20. The van der Waals surface area contributed by atoms with Crippen LogP contribution in [-0.4, -0.2) is 32.9 Å². The number of nitrogens with zero attached hydrogens (tertiary/aromatic N) is 2. The Bertz CT molecular complexity index is 1190. The molecule has 0 aliphatic rings. The third-order valence-corrected chi connectivity index (χ3v) is 5.76. The summed E-state index contributed by atoms with van der Waals surface area (Å²) in [5, 5.41) is 4.00. The van der Waals surface area contributed by atoms with Gasteiger partial charge in [0, 0.05) is 5.56 Å². The lowest BCUT2D eigenvalue weighted by Crippen LogP contribution is -2.29. The molecule has 8 heteroatoms. The number of hydrazone groups is 1. The van der Waals surface area contributed by atoms with Crippen LogP contribution < -0.4 is 14.5 Å². The Hall–Kier alpha value is -3.65. The number of para-hydroxylation sites is 1. The van der Waals surface area contributed by atoms with Crippen LogP contribution in [0.1, 0.15) is 35.3 Å². The number of hydrogen-bond donors (Lipinski definition) is 1. The van der Waals surface area contributed by atoms with E-state index in [1.165, 1.54) is 10.6 Å². The quantitative estimate of drug-likeness (QED) is 0.379. The van der Waals surface area contributed by atoms with Crippen LogP contribution >= 0.6 is 0 Å². The van der Waals surface area contributed by atoms with Crippen molar-refractivity contribution < 1.29 is 17.9 Å². The average molecular weight is 466 g/mol. The zero-order valence-electron chi connectivity index (χ0n) is 18.8. The van der Waals surface area contributed by atoms with E-state index < -0.39 is 10.0 Å². The van der Waals surface area contributed by atoms with Crippen LogP contribution in [0.25, 0.3) is 0 Å². The van der Waals surface area contributed by atoms with Gasteiger partial charge in [-0.15, -0.1) is 0 Å². The molecule has 0 atom stereocenters. The van der Waals surface area contributed by atoms with Crippen LogP contribution in [0.3, 0.4) is 0 Å².